The Balaban J connectivity index is 1.89. The van der Waals surface area contributed by atoms with E-state index < -0.39 is 5.97 Å². The summed E-state index contributed by atoms with van der Waals surface area (Å²) in [6.07, 6.45) is 0.647. The fourth-order valence-electron chi connectivity index (χ4n) is 3.16. The molecule has 3 rings (SSSR count). The largest absolute Gasteiger partial charge is 0.477 e. The first-order valence-electron chi connectivity index (χ1n) is 7.98. The molecule has 0 unspecified atom stereocenters. The second-order valence-electron chi connectivity index (χ2n) is 5.87. The number of likely N-dealkylation sites (N-methyl/N-ethyl adjacent to an activating group) is 1. The van der Waals surface area contributed by atoms with Crippen LogP contribution >= 0.6 is 11.3 Å². The summed E-state index contributed by atoms with van der Waals surface area (Å²) in [5.74, 6) is -0.911. The van der Waals surface area contributed by atoms with E-state index in [1.807, 2.05) is 25.1 Å². The molecular weight excluding hydrogens is 324 g/mol. The quantitative estimate of drug-likeness (QED) is 0.874. The van der Waals surface area contributed by atoms with Gasteiger partial charge in [-0.1, -0.05) is 24.3 Å². The topological polar surface area (TPSA) is 69.6 Å². The van der Waals surface area contributed by atoms with Gasteiger partial charge in [0.25, 0.3) is 0 Å². The summed E-state index contributed by atoms with van der Waals surface area (Å²) >= 11 is 1.22. The summed E-state index contributed by atoms with van der Waals surface area (Å²) in [5.41, 5.74) is 3.15. The van der Waals surface area contributed by atoms with E-state index in [0.29, 0.717) is 30.9 Å². The van der Waals surface area contributed by atoms with Gasteiger partial charge in [0.15, 0.2) is 0 Å². The molecule has 1 aromatic carbocycles. The normalized spacial score (nSPS) is 17.3. The van der Waals surface area contributed by atoms with Crippen LogP contribution < -0.4 is 5.32 Å². The number of benzene rings is 1. The second-order valence-corrected chi connectivity index (χ2v) is 6.78. The first kappa shape index (κ1) is 16.7. The van der Waals surface area contributed by atoms with E-state index in [2.05, 4.69) is 22.3 Å². The first-order valence-corrected chi connectivity index (χ1v) is 8.86. The number of thiophene rings is 1. The molecule has 2 N–H and O–H groups in total. The standard InChI is InChI=1S/C18H20N2O3S/c1-2-19-17(21)15-9-12-5-3-4-6-13(12)10-20(15)11-14-7-8-24-16(14)18(22)23/h3-8,15H,2,9-11H2,1H3,(H,19,21)(H,22,23)/t15-/m1/s1. The molecule has 0 saturated heterocycles. The lowest BCUT2D eigenvalue weighted by Gasteiger charge is -2.36. The van der Waals surface area contributed by atoms with Gasteiger partial charge in [-0.25, -0.2) is 4.79 Å². The summed E-state index contributed by atoms with van der Waals surface area (Å²) in [6, 6.07) is 9.68. The van der Waals surface area contributed by atoms with Crippen molar-refractivity contribution < 1.29 is 14.7 Å². The Morgan fingerprint density at radius 1 is 1.29 bits per heavy atom. The Bertz CT molecular complexity index is 756. The van der Waals surface area contributed by atoms with Gasteiger partial charge in [-0.05, 0) is 41.5 Å². The Morgan fingerprint density at radius 3 is 2.75 bits per heavy atom. The average molecular weight is 344 g/mol. The number of carboxylic acid groups (broad SMARTS) is 1. The summed E-state index contributed by atoms with van der Waals surface area (Å²) in [4.78, 5) is 26.3. The van der Waals surface area contributed by atoms with E-state index in [0.717, 1.165) is 5.56 Å². The van der Waals surface area contributed by atoms with Crippen molar-refractivity contribution in [3.8, 4) is 0 Å². The van der Waals surface area contributed by atoms with Crippen LogP contribution in [0.25, 0.3) is 0 Å². The van der Waals surface area contributed by atoms with E-state index in [4.69, 9.17) is 0 Å². The Labute approximate surface area is 144 Å². The highest BCUT2D eigenvalue weighted by Gasteiger charge is 2.32. The molecule has 1 aliphatic rings. The molecule has 24 heavy (non-hydrogen) atoms. The maximum atomic E-state index is 12.5. The smallest absolute Gasteiger partial charge is 0.346 e. The van der Waals surface area contributed by atoms with Gasteiger partial charge in [-0.3, -0.25) is 9.69 Å². The average Bonchev–Trinajstić information content (AvgIpc) is 3.03. The molecule has 1 aliphatic heterocycles. The molecule has 0 bridgehead atoms. The predicted molar refractivity (Wildman–Crippen MR) is 93.1 cm³/mol. The van der Waals surface area contributed by atoms with E-state index in [1.54, 1.807) is 5.38 Å². The number of hydrogen-bond acceptors (Lipinski definition) is 4. The van der Waals surface area contributed by atoms with Crippen molar-refractivity contribution in [3.05, 3.63) is 57.3 Å². The van der Waals surface area contributed by atoms with Crippen molar-refractivity contribution in [1.82, 2.24) is 10.2 Å². The van der Waals surface area contributed by atoms with Crippen molar-refractivity contribution >= 4 is 23.2 Å². The zero-order valence-electron chi connectivity index (χ0n) is 13.5. The summed E-state index contributed by atoms with van der Waals surface area (Å²) in [7, 11) is 0. The summed E-state index contributed by atoms with van der Waals surface area (Å²) in [5, 5.41) is 14.0. The Hall–Kier alpha value is -2.18. The minimum atomic E-state index is -0.910. The number of fused-ring (bicyclic) bond motifs is 1. The SMILES string of the molecule is CCNC(=O)[C@H]1Cc2ccccc2CN1Cc1ccsc1C(=O)O. The molecule has 2 aromatic rings. The highest BCUT2D eigenvalue weighted by molar-refractivity contribution is 7.12. The molecule has 2 heterocycles. The van der Waals surface area contributed by atoms with Crippen LogP contribution in [0, 0.1) is 0 Å². The number of amides is 1. The molecule has 6 heteroatoms. The van der Waals surface area contributed by atoms with Gasteiger partial charge in [0.1, 0.15) is 4.88 Å². The van der Waals surface area contributed by atoms with Crippen molar-refractivity contribution in [2.75, 3.05) is 6.54 Å². The third-order valence-electron chi connectivity index (χ3n) is 4.31. The fraction of sp³-hybridized carbons (Fsp3) is 0.333. The van der Waals surface area contributed by atoms with Crippen molar-refractivity contribution in [3.63, 3.8) is 0 Å². The van der Waals surface area contributed by atoms with Gasteiger partial charge in [0.05, 0.1) is 6.04 Å². The highest BCUT2D eigenvalue weighted by Crippen LogP contribution is 2.27. The molecule has 1 amide bonds. The Kier molecular flexibility index (Phi) is 4.97. The van der Waals surface area contributed by atoms with Crippen molar-refractivity contribution in [2.24, 2.45) is 0 Å². The zero-order chi connectivity index (χ0) is 17.1. The third kappa shape index (κ3) is 3.34. The van der Waals surface area contributed by atoms with Crippen LogP contribution in [-0.2, 0) is 24.3 Å². The molecule has 0 spiro atoms. The zero-order valence-corrected chi connectivity index (χ0v) is 14.3. The first-order chi connectivity index (χ1) is 11.6. The van der Waals surface area contributed by atoms with Crippen LogP contribution in [0.3, 0.4) is 0 Å². The van der Waals surface area contributed by atoms with Gasteiger partial charge in [-0.15, -0.1) is 11.3 Å². The molecule has 1 aromatic heterocycles. The molecule has 1 atom stereocenters. The van der Waals surface area contributed by atoms with Gasteiger partial charge in [0, 0.05) is 19.6 Å². The van der Waals surface area contributed by atoms with Gasteiger partial charge in [0.2, 0.25) is 5.91 Å². The Morgan fingerprint density at radius 2 is 2.04 bits per heavy atom. The maximum Gasteiger partial charge on any atom is 0.346 e. The molecule has 0 aliphatic carbocycles. The van der Waals surface area contributed by atoms with Gasteiger partial charge in [-0.2, -0.15) is 0 Å². The van der Waals surface area contributed by atoms with E-state index in [1.165, 1.54) is 22.5 Å². The third-order valence-corrected chi connectivity index (χ3v) is 5.26. The number of nitrogens with zero attached hydrogens (tertiary/aromatic N) is 1. The fourth-order valence-corrected chi connectivity index (χ4v) is 3.91. The predicted octanol–water partition coefficient (Wildman–Crippen LogP) is 2.51. The highest BCUT2D eigenvalue weighted by atomic mass is 32.1. The number of carbonyl (C=O) groups is 2. The van der Waals surface area contributed by atoms with Crippen molar-refractivity contribution in [1.29, 1.82) is 0 Å². The van der Waals surface area contributed by atoms with E-state index in [-0.39, 0.29) is 11.9 Å². The van der Waals surface area contributed by atoms with Crippen LogP contribution in [-0.4, -0.2) is 34.5 Å². The van der Waals surface area contributed by atoms with Gasteiger partial charge >= 0.3 is 5.97 Å². The number of carboxylic acids is 1. The van der Waals surface area contributed by atoms with Crippen LogP contribution in [0.4, 0.5) is 0 Å². The second kappa shape index (κ2) is 7.15. The van der Waals surface area contributed by atoms with Crippen LogP contribution in [0.15, 0.2) is 35.7 Å². The lowest BCUT2D eigenvalue weighted by molar-refractivity contribution is -0.127. The molecular formula is C18H20N2O3S. The summed E-state index contributed by atoms with van der Waals surface area (Å²) in [6.45, 7) is 3.60. The minimum absolute atomic E-state index is 0.000826. The number of hydrogen-bond donors (Lipinski definition) is 2. The van der Waals surface area contributed by atoms with Crippen LogP contribution in [0.2, 0.25) is 0 Å². The molecule has 5 nitrogen and oxygen atoms in total. The van der Waals surface area contributed by atoms with E-state index >= 15 is 0 Å². The molecule has 0 fully saturated rings. The molecule has 126 valence electrons. The number of aromatic carboxylic acids is 1. The lowest BCUT2D eigenvalue weighted by Crippen LogP contribution is -2.49. The monoisotopic (exact) mass is 344 g/mol. The van der Waals surface area contributed by atoms with Crippen LogP contribution in [0.1, 0.15) is 33.3 Å². The summed E-state index contributed by atoms with van der Waals surface area (Å²) < 4.78 is 0. The van der Waals surface area contributed by atoms with Crippen molar-refractivity contribution in [2.45, 2.75) is 32.5 Å². The number of rotatable bonds is 5. The molecule has 0 radical (unpaired) electrons. The molecule has 0 saturated carbocycles. The van der Waals surface area contributed by atoms with Crippen LogP contribution in [0.5, 0.6) is 0 Å². The number of nitrogens with one attached hydrogen (secondary N) is 1. The number of carbonyl (C=O) groups excluding carboxylic acids is 1. The minimum Gasteiger partial charge on any atom is -0.477 e. The lowest BCUT2D eigenvalue weighted by atomic mass is 9.93. The van der Waals surface area contributed by atoms with E-state index in [9.17, 15) is 14.7 Å². The van der Waals surface area contributed by atoms with Gasteiger partial charge < -0.3 is 10.4 Å². The maximum absolute atomic E-state index is 12.5.